The summed E-state index contributed by atoms with van der Waals surface area (Å²) in [6.45, 7) is 1.71. The topological polar surface area (TPSA) is 90.8 Å². The van der Waals surface area contributed by atoms with E-state index in [4.69, 9.17) is 4.74 Å². The molecule has 25 heavy (non-hydrogen) atoms. The van der Waals surface area contributed by atoms with Gasteiger partial charge in [0.05, 0.1) is 18.4 Å². The molecule has 1 N–H and O–H groups in total. The molecule has 0 bridgehead atoms. The third-order valence-corrected chi connectivity index (χ3v) is 4.17. The van der Waals surface area contributed by atoms with Crippen LogP contribution in [0.5, 0.6) is 5.75 Å². The lowest BCUT2D eigenvalue weighted by Crippen LogP contribution is -2.24. The van der Waals surface area contributed by atoms with Crippen LogP contribution in [0.1, 0.15) is 28.4 Å². The number of carbonyl (C=O) groups is 2. The number of ether oxygens (including phenoxy) is 1. The predicted octanol–water partition coefficient (Wildman–Crippen LogP) is 1.90. The summed E-state index contributed by atoms with van der Waals surface area (Å²) >= 11 is 3.31. The number of nitrogens with one attached hydrogen (secondary N) is 1. The maximum absolute atomic E-state index is 12.2. The number of hydrazone groups is 1. The first-order valence-electron chi connectivity index (χ1n) is 7.38. The van der Waals surface area contributed by atoms with Crippen molar-refractivity contribution in [2.45, 2.75) is 13.3 Å². The van der Waals surface area contributed by atoms with Gasteiger partial charge < -0.3 is 14.6 Å². The molecule has 0 aliphatic heterocycles. The van der Waals surface area contributed by atoms with Gasteiger partial charge in [-0.2, -0.15) is 5.10 Å². The summed E-state index contributed by atoms with van der Waals surface area (Å²) < 4.78 is 5.81. The Hall–Kier alpha value is -2.67. The average molecular weight is 404 g/mol. The van der Waals surface area contributed by atoms with Crippen molar-refractivity contribution in [3.05, 3.63) is 63.6 Å². The van der Waals surface area contributed by atoms with Crippen LogP contribution < -0.4 is 15.3 Å². The summed E-state index contributed by atoms with van der Waals surface area (Å²) in [5.41, 5.74) is 4.63. The Morgan fingerprint density at radius 2 is 1.96 bits per heavy atom. The lowest BCUT2D eigenvalue weighted by atomic mass is 10.0. The minimum Gasteiger partial charge on any atom is -0.550 e. The minimum atomic E-state index is -1.20. The first kappa shape index (κ1) is 18.7. The van der Waals surface area contributed by atoms with Gasteiger partial charge in [0.2, 0.25) is 0 Å². The van der Waals surface area contributed by atoms with Crippen molar-refractivity contribution < 1.29 is 19.4 Å². The van der Waals surface area contributed by atoms with E-state index in [-0.39, 0.29) is 12.3 Å². The highest BCUT2D eigenvalue weighted by Gasteiger charge is 2.10. The molecule has 130 valence electrons. The zero-order valence-corrected chi connectivity index (χ0v) is 15.3. The Kier molecular flexibility index (Phi) is 6.30. The molecule has 2 rings (SSSR count). The van der Waals surface area contributed by atoms with E-state index in [9.17, 15) is 14.7 Å². The van der Waals surface area contributed by atoms with Crippen LogP contribution in [-0.2, 0) is 11.2 Å². The maximum Gasteiger partial charge on any atom is 0.272 e. The first-order chi connectivity index (χ1) is 11.9. The highest BCUT2D eigenvalue weighted by Crippen LogP contribution is 2.21. The molecule has 0 unspecified atom stereocenters. The number of carbonyl (C=O) groups excluding carboxylic acids is 2. The first-order valence-corrected chi connectivity index (χ1v) is 8.18. The van der Waals surface area contributed by atoms with Gasteiger partial charge in [-0.1, -0.05) is 12.1 Å². The fraction of sp³-hybridized carbons (Fsp3) is 0.167. The van der Waals surface area contributed by atoms with Crippen molar-refractivity contribution in [3.8, 4) is 5.75 Å². The normalized spacial score (nSPS) is 11.1. The molecular weight excluding hydrogens is 388 g/mol. The molecule has 0 saturated carbocycles. The standard InChI is InChI=1S/C18H17BrN2O4/c1-11(20-21-18(24)14-5-3-4-6-15(14)19)12-7-8-16(25-2)13(9-12)10-17(22)23/h3-9H,10H2,1-2H3,(H,21,24)(H,22,23)/p-1/b20-11-. The van der Waals surface area contributed by atoms with Crippen molar-refractivity contribution in [2.75, 3.05) is 7.11 Å². The molecule has 6 nitrogen and oxygen atoms in total. The van der Waals surface area contributed by atoms with Crippen molar-refractivity contribution in [1.29, 1.82) is 0 Å². The van der Waals surface area contributed by atoms with E-state index >= 15 is 0 Å². The minimum absolute atomic E-state index is 0.270. The van der Waals surface area contributed by atoms with Crippen LogP contribution >= 0.6 is 15.9 Å². The van der Waals surface area contributed by atoms with E-state index in [0.717, 1.165) is 0 Å². The van der Waals surface area contributed by atoms with E-state index in [1.807, 2.05) is 6.07 Å². The van der Waals surface area contributed by atoms with Gasteiger partial charge in [-0.3, -0.25) is 4.79 Å². The van der Waals surface area contributed by atoms with E-state index in [1.54, 1.807) is 43.3 Å². The number of rotatable bonds is 6. The lowest BCUT2D eigenvalue weighted by molar-refractivity contribution is -0.304. The number of aliphatic carboxylic acids is 1. The van der Waals surface area contributed by atoms with Crippen LogP contribution in [0.4, 0.5) is 0 Å². The second-order valence-electron chi connectivity index (χ2n) is 5.19. The number of amides is 1. The highest BCUT2D eigenvalue weighted by atomic mass is 79.9. The van der Waals surface area contributed by atoms with E-state index < -0.39 is 5.97 Å². The number of benzene rings is 2. The quantitative estimate of drug-likeness (QED) is 0.588. The number of methoxy groups -OCH3 is 1. The van der Waals surface area contributed by atoms with Gasteiger partial charge in [0.15, 0.2) is 0 Å². The smallest absolute Gasteiger partial charge is 0.272 e. The van der Waals surface area contributed by atoms with Crippen molar-refractivity contribution in [3.63, 3.8) is 0 Å². The molecule has 0 atom stereocenters. The number of carboxylic acid groups (broad SMARTS) is 1. The number of hydrogen-bond donors (Lipinski definition) is 1. The second kappa shape index (κ2) is 8.43. The molecule has 0 aromatic heterocycles. The van der Waals surface area contributed by atoms with Gasteiger partial charge in [-0.05, 0) is 58.7 Å². The summed E-state index contributed by atoms with van der Waals surface area (Å²) in [6.07, 6.45) is -0.270. The summed E-state index contributed by atoms with van der Waals surface area (Å²) in [7, 11) is 1.46. The number of carboxylic acids is 1. The Bertz CT molecular complexity index is 834. The third kappa shape index (κ3) is 4.90. The molecule has 0 aliphatic carbocycles. The Morgan fingerprint density at radius 3 is 2.60 bits per heavy atom. The number of hydrogen-bond acceptors (Lipinski definition) is 5. The SMILES string of the molecule is COc1ccc(/C(C)=N\NC(=O)c2ccccc2Br)cc1CC(=O)[O-]. The molecule has 1 amide bonds. The van der Waals surface area contributed by atoms with Crippen LogP contribution in [0.25, 0.3) is 0 Å². The van der Waals surface area contributed by atoms with Crippen molar-refractivity contribution >= 4 is 33.5 Å². The van der Waals surface area contributed by atoms with Gasteiger partial charge in [0.25, 0.3) is 5.91 Å². The van der Waals surface area contributed by atoms with E-state index in [1.165, 1.54) is 7.11 Å². The maximum atomic E-state index is 12.2. The largest absolute Gasteiger partial charge is 0.550 e. The molecule has 0 aliphatic rings. The molecule has 0 radical (unpaired) electrons. The van der Waals surface area contributed by atoms with Crippen LogP contribution in [-0.4, -0.2) is 24.7 Å². The van der Waals surface area contributed by atoms with Gasteiger partial charge >= 0.3 is 0 Å². The van der Waals surface area contributed by atoms with Gasteiger partial charge in [0.1, 0.15) is 5.75 Å². The third-order valence-electron chi connectivity index (χ3n) is 3.48. The van der Waals surface area contributed by atoms with Crippen LogP contribution in [0.15, 0.2) is 52.0 Å². The lowest BCUT2D eigenvalue weighted by Gasteiger charge is -2.11. The molecule has 2 aromatic rings. The monoisotopic (exact) mass is 403 g/mol. The van der Waals surface area contributed by atoms with Crippen LogP contribution in [0.3, 0.4) is 0 Å². The highest BCUT2D eigenvalue weighted by molar-refractivity contribution is 9.10. The number of halogens is 1. The van der Waals surface area contributed by atoms with Crippen LogP contribution in [0, 0.1) is 0 Å². The fourth-order valence-corrected chi connectivity index (χ4v) is 2.67. The molecule has 0 saturated heterocycles. The molecule has 2 aromatic carbocycles. The fourth-order valence-electron chi connectivity index (χ4n) is 2.20. The van der Waals surface area contributed by atoms with E-state index in [2.05, 4.69) is 26.5 Å². The summed E-state index contributed by atoms with van der Waals surface area (Å²) in [4.78, 5) is 23.0. The summed E-state index contributed by atoms with van der Waals surface area (Å²) in [5.74, 6) is -1.10. The number of nitrogens with zero attached hydrogens (tertiary/aromatic N) is 1. The summed E-state index contributed by atoms with van der Waals surface area (Å²) in [6, 6.07) is 12.1. The van der Waals surface area contributed by atoms with Gasteiger partial charge in [-0.25, -0.2) is 5.43 Å². The van der Waals surface area contributed by atoms with Gasteiger partial charge in [-0.15, -0.1) is 0 Å². The van der Waals surface area contributed by atoms with Gasteiger partial charge in [0, 0.05) is 22.4 Å². The zero-order chi connectivity index (χ0) is 18.4. The van der Waals surface area contributed by atoms with Crippen molar-refractivity contribution in [2.24, 2.45) is 5.10 Å². The second-order valence-corrected chi connectivity index (χ2v) is 6.05. The Balaban J connectivity index is 2.20. The molecule has 0 spiro atoms. The molecule has 0 fully saturated rings. The predicted molar refractivity (Wildman–Crippen MR) is 95.5 cm³/mol. The molecular formula is C18H16BrN2O4-. The Labute approximate surface area is 153 Å². The average Bonchev–Trinajstić information content (AvgIpc) is 2.59. The Morgan fingerprint density at radius 1 is 1.24 bits per heavy atom. The van der Waals surface area contributed by atoms with Crippen LogP contribution in [0.2, 0.25) is 0 Å². The molecule has 7 heteroatoms. The van der Waals surface area contributed by atoms with E-state index in [0.29, 0.717) is 32.6 Å². The zero-order valence-electron chi connectivity index (χ0n) is 13.7. The van der Waals surface area contributed by atoms with Crippen molar-refractivity contribution in [1.82, 2.24) is 5.43 Å². The summed E-state index contributed by atoms with van der Waals surface area (Å²) in [5, 5.41) is 14.9. The molecule has 0 heterocycles.